The third-order valence-electron chi connectivity index (χ3n) is 4.66. The number of aromatic nitrogens is 3. The van der Waals surface area contributed by atoms with Crippen molar-refractivity contribution in [3.05, 3.63) is 77.8 Å². The monoisotopic (exact) mass is 390 g/mol. The summed E-state index contributed by atoms with van der Waals surface area (Å²) in [4.78, 5) is 8.64. The summed E-state index contributed by atoms with van der Waals surface area (Å²) in [6, 6.07) is 11.7. The maximum absolute atomic E-state index is 14.5. The number of rotatable bonds is 3. The second kappa shape index (κ2) is 6.76. The minimum atomic E-state index is -1.11. The van der Waals surface area contributed by atoms with E-state index in [0.29, 0.717) is 22.7 Å². The Morgan fingerprint density at radius 1 is 1.07 bits per heavy atom. The summed E-state index contributed by atoms with van der Waals surface area (Å²) in [7, 11) is 0. The zero-order chi connectivity index (χ0) is 20.8. The third-order valence-corrected chi connectivity index (χ3v) is 4.66. The van der Waals surface area contributed by atoms with Gasteiger partial charge in [0.25, 0.3) is 0 Å². The predicted octanol–water partition coefficient (Wildman–Crippen LogP) is 4.44. The molecule has 0 saturated heterocycles. The van der Waals surface area contributed by atoms with Crippen LogP contribution in [0.1, 0.15) is 25.1 Å². The van der Waals surface area contributed by atoms with Gasteiger partial charge in [-0.25, -0.2) is 18.7 Å². The molecule has 1 N–H and O–H groups in total. The first-order chi connectivity index (χ1) is 13.8. The standard InChI is InChI=1S/C22H16F2N4O/c1-22(2,29)20-7-8-28-19(12-26-21(28)27-20)13-4-6-18(24)17(9-13)16-10-15(23)5-3-14(16)11-25/h3-10,12,29H,1-2H3. The molecule has 0 radical (unpaired) electrons. The van der Waals surface area contributed by atoms with Crippen molar-refractivity contribution in [2.24, 2.45) is 0 Å². The molecule has 0 saturated carbocycles. The second-order valence-corrected chi connectivity index (χ2v) is 7.18. The van der Waals surface area contributed by atoms with Gasteiger partial charge in [-0.15, -0.1) is 0 Å². The summed E-state index contributed by atoms with van der Waals surface area (Å²) in [6.07, 6.45) is 3.31. The van der Waals surface area contributed by atoms with Gasteiger partial charge in [0.05, 0.1) is 29.2 Å². The molecule has 7 heteroatoms. The summed E-state index contributed by atoms with van der Waals surface area (Å²) in [5.41, 5.74) is 1.11. The van der Waals surface area contributed by atoms with Gasteiger partial charge >= 0.3 is 0 Å². The first kappa shape index (κ1) is 18.7. The zero-order valence-corrected chi connectivity index (χ0v) is 15.7. The molecular weight excluding hydrogens is 374 g/mol. The fraction of sp³-hybridized carbons (Fsp3) is 0.136. The van der Waals surface area contributed by atoms with E-state index >= 15 is 0 Å². The highest BCUT2D eigenvalue weighted by Crippen LogP contribution is 2.32. The molecule has 2 aromatic carbocycles. The maximum atomic E-state index is 14.5. The van der Waals surface area contributed by atoms with Crippen molar-refractivity contribution >= 4 is 5.78 Å². The van der Waals surface area contributed by atoms with Crippen molar-refractivity contribution in [2.45, 2.75) is 19.4 Å². The Labute approximate surface area is 165 Å². The van der Waals surface area contributed by atoms with Gasteiger partial charge in [-0.1, -0.05) is 0 Å². The number of imidazole rings is 1. The van der Waals surface area contributed by atoms with Gasteiger partial charge in [-0.3, -0.25) is 4.40 Å². The summed E-state index contributed by atoms with van der Waals surface area (Å²) in [6.45, 7) is 3.27. The lowest BCUT2D eigenvalue weighted by Gasteiger charge is -2.16. The molecule has 0 aliphatic carbocycles. The van der Waals surface area contributed by atoms with E-state index in [1.165, 1.54) is 18.2 Å². The summed E-state index contributed by atoms with van der Waals surface area (Å²) < 4.78 is 30.0. The lowest BCUT2D eigenvalue weighted by molar-refractivity contribution is 0.0739. The fourth-order valence-electron chi connectivity index (χ4n) is 3.15. The minimum Gasteiger partial charge on any atom is -0.384 e. The molecular formula is C22H16F2N4O. The first-order valence-corrected chi connectivity index (χ1v) is 8.85. The molecule has 0 unspecified atom stereocenters. The van der Waals surface area contributed by atoms with Crippen LogP contribution in [-0.4, -0.2) is 19.5 Å². The van der Waals surface area contributed by atoms with E-state index in [4.69, 9.17) is 0 Å². The van der Waals surface area contributed by atoms with Crippen LogP contribution in [-0.2, 0) is 5.60 Å². The molecule has 0 amide bonds. The lowest BCUT2D eigenvalue weighted by Crippen LogP contribution is -2.18. The Morgan fingerprint density at radius 3 is 2.59 bits per heavy atom. The number of hydrogen-bond acceptors (Lipinski definition) is 4. The highest BCUT2D eigenvalue weighted by molar-refractivity contribution is 5.76. The average molecular weight is 390 g/mol. The van der Waals surface area contributed by atoms with E-state index in [0.717, 1.165) is 6.07 Å². The van der Waals surface area contributed by atoms with Crippen molar-refractivity contribution in [1.29, 1.82) is 5.26 Å². The zero-order valence-electron chi connectivity index (χ0n) is 15.7. The normalized spacial score (nSPS) is 11.6. The van der Waals surface area contributed by atoms with Crippen molar-refractivity contribution < 1.29 is 13.9 Å². The van der Waals surface area contributed by atoms with E-state index < -0.39 is 17.2 Å². The molecule has 2 heterocycles. The summed E-state index contributed by atoms with van der Waals surface area (Å²) in [5.74, 6) is -0.733. The van der Waals surface area contributed by atoms with Gasteiger partial charge < -0.3 is 5.11 Å². The van der Waals surface area contributed by atoms with E-state index in [2.05, 4.69) is 9.97 Å². The topological polar surface area (TPSA) is 74.2 Å². The van der Waals surface area contributed by atoms with Gasteiger partial charge in [0, 0.05) is 22.9 Å². The van der Waals surface area contributed by atoms with Crippen LogP contribution in [0.5, 0.6) is 0 Å². The number of benzene rings is 2. The number of aliphatic hydroxyl groups is 1. The number of nitriles is 1. The van der Waals surface area contributed by atoms with E-state index in [1.807, 2.05) is 6.07 Å². The fourth-order valence-corrected chi connectivity index (χ4v) is 3.15. The predicted molar refractivity (Wildman–Crippen MR) is 104 cm³/mol. The van der Waals surface area contributed by atoms with Crippen LogP contribution < -0.4 is 0 Å². The van der Waals surface area contributed by atoms with Crippen molar-refractivity contribution in [3.8, 4) is 28.5 Å². The van der Waals surface area contributed by atoms with Crippen LogP contribution >= 0.6 is 0 Å². The van der Waals surface area contributed by atoms with Crippen LogP contribution in [0.2, 0.25) is 0 Å². The number of nitrogens with zero attached hydrogens (tertiary/aromatic N) is 4. The Kier molecular flexibility index (Phi) is 4.36. The SMILES string of the molecule is CC(C)(O)c1ccn2c(-c3ccc(F)c(-c4cc(F)ccc4C#N)c3)cnc2n1. The van der Waals surface area contributed by atoms with Gasteiger partial charge in [0.2, 0.25) is 5.78 Å². The molecule has 0 aliphatic heterocycles. The molecule has 0 bridgehead atoms. The summed E-state index contributed by atoms with van der Waals surface area (Å²) in [5, 5.41) is 19.4. The molecule has 0 aliphatic rings. The number of halogens is 2. The average Bonchev–Trinajstić information content (AvgIpc) is 3.11. The third kappa shape index (κ3) is 3.35. The Bertz CT molecular complexity index is 1280. The van der Waals surface area contributed by atoms with Crippen molar-refractivity contribution in [2.75, 3.05) is 0 Å². The number of fused-ring (bicyclic) bond motifs is 1. The van der Waals surface area contributed by atoms with Crippen molar-refractivity contribution in [1.82, 2.24) is 14.4 Å². The highest BCUT2D eigenvalue weighted by atomic mass is 19.1. The number of hydrogen-bond donors (Lipinski definition) is 1. The molecule has 144 valence electrons. The molecule has 4 aromatic rings. The van der Waals surface area contributed by atoms with Crippen molar-refractivity contribution in [3.63, 3.8) is 0 Å². The Hall–Kier alpha value is -3.63. The molecule has 29 heavy (non-hydrogen) atoms. The smallest absolute Gasteiger partial charge is 0.234 e. The molecule has 4 rings (SSSR count). The molecule has 5 nitrogen and oxygen atoms in total. The van der Waals surface area contributed by atoms with Crippen LogP contribution in [0.15, 0.2) is 54.9 Å². The van der Waals surface area contributed by atoms with Crippen LogP contribution in [0.4, 0.5) is 8.78 Å². The quantitative estimate of drug-likeness (QED) is 0.561. The van der Waals surface area contributed by atoms with Crippen LogP contribution in [0.25, 0.3) is 28.2 Å². The van der Waals surface area contributed by atoms with E-state index in [1.54, 1.807) is 48.8 Å². The maximum Gasteiger partial charge on any atom is 0.234 e. The molecule has 0 spiro atoms. The largest absolute Gasteiger partial charge is 0.384 e. The highest BCUT2D eigenvalue weighted by Gasteiger charge is 2.20. The molecule has 0 fully saturated rings. The molecule has 2 aromatic heterocycles. The van der Waals surface area contributed by atoms with Gasteiger partial charge in [-0.2, -0.15) is 5.26 Å². The van der Waals surface area contributed by atoms with Gasteiger partial charge in [0.1, 0.15) is 17.2 Å². The second-order valence-electron chi connectivity index (χ2n) is 7.18. The Balaban J connectivity index is 1.87. The minimum absolute atomic E-state index is 0.120. The van der Waals surface area contributed by atoms with E-state index in [-0.39, 0.29) is 16.7 Å². The van der Waals surface area contributed by atoms with Gasteiger partial charge in [0.15, 0.2) is 0 Å². The summed E-state index contributed by atoms with van der Waals surface area (Å²) >= 11 is 0. The van der Waals surface area contributed by atoms with Gasteiger partial charge in [-0.05, 0) is 56.3 Å². The first-order valence-electron chi connectivity index (χ1n) is 8.85. The van der Waals surface area contributed by atoms with Crippen LogP contribution in [0.3, 0.4) is 0 Å². The molecule has 0 atom stereocenters. The Morgan fingerprint density at radius 2 is 1.86 bits per heavy atom. The van der Waals surface area contributed by atoms with E-state index in [9.17, 15) is 19.1 Å². The lowest BCUT2D eigenvalue weighted by atomic mass is 9.97. The van der Waals surface area contributed by atoms with Crippen LogP contribution in [0, 0.1) is 23.0 Å².